The molecule has 32 heavy (non-hydrogen) atoms. The fourth-order valence-electron chi connectivity index (χ4n) is 4.07. The molecule has 1 aliphatic heterocycles. The number of ether oxygens (including phenoxy) is 1. The van der Waals surface area contributed by atoms with Crippen molar-refractivity contribution >= 4 is 39.7 Å². The van der Waals surface area contributed by atoms with Crippen molar-refractivity contribution < 1.29 is 18.3 Å². The van der Waals surface area contributed by atoms with Crippen molar-refractivity contribution in [2.75, 3.05) is 24.3 Å². The van der Waals surface area contributed by atoms with E-state index in [1.807, 2.05) is 16.7 Å². The molecule has 2 aromatic carbocycles. The lowest BCUT2D eigenvalue weighted by atomic mass is 10.1. The third kappa shape index (κ3) is 3.19. The molecular formula is C22H23FN6O3. The number of fused-ring (bicyclic) bond motifs is 1. The van der Waals surface area contributed by atoms with Gasteiger partial charge in [0, 0.05) is 30.9 Å². The number of anilines is 2. The molecule has 0 radical (unpaired) electrons. The molecule has 0 fully saturated rings. The highest BCUT2D eigenvalue weighted by atomic mass is 19.1. The molecule has 0 saturated carbocycles. The van der Waals surface area contributed by atoms with Crippen LogP contribution < -0.4 is 21.1 Å². The maximum Gasteiger partial charge on any atom is 0.293 e. The predicted molar refractivity (Wildman–Crippen MR) is 119 cm³/mol. The third-order valence-electron chi connectivity index (χ3n) is 5.94. The minimum Gasteiger partial charge on any atom is -0.491 e. The lowest BCUT2D eigenvalue weighted by Gasteiger charge is -2.25. The minimum atomic E-state index is -0.556. The van der Waals surface area contributed by atoms with Crippen molar-refractivity contribution in [1.82, 2.24) is 14.5 Å². The smallest absolute Gasteiger partial charge is 0.293 e. The number of benzene rings is 2. The number of aromatic nitrogens is 3. The van der Waals surface area contributed by atoms with Crippen LogP contribution in [0.2, 0.25) is 0 Å². The summed E-state index contributed by atoms with van der Waals surface area (Å²) in [6.07, 6.45) is 1.75. The highest BCUT2D eigenvalue weighted by Gasteiger charge is 2.24. The van der Waals surface area contributed by atoms with Crippen molar-refractivity contribution in [1.29, 1.82) is 0 Å². The van der Waals surface area contributed by atoms with Gasteiger partial charge in [-0.1, -0.05) is 0 Å². The summed E-state index contributed by atoms with van der Waals surface area (Å²) in [6.45, 7) is 3.02. The molecule has 9 nitrogen and oxygen atoms in total. The number of aryl methyl sites for hydroxylation is 1. The van der Waals surface area contributed by atoms with Crippen LogP contribution in [0.5, 0.6) is 5.75 Å². The summed E-state index contributed by atoms with van der Waals surface area (Å²) in [5.41, 5.74) is 14.3. The summed E-state index contributed by atoms with van der Waals surface area (Å²) in [4.78, 5) is 22.4. The molecule has 10 heteroatoms. The van der Waals surface area contributed by atoms with Gasteiger partial charge in [0.15, 0.2) is 11.4 Å². The van der Waals surface area contributed by atoms with Crippen molar-refractivity contribution in [2.45, 2.75) is 32.4 Å². The van der Waals surface area contributed by atoms with Crippen LogP contribution in [-0.2, 0) is 11.3 Å². The van der Waals surface area contributed by atoms with Crippen molar-refractivity contribution in [3.63, 3.8) is 0 Å². The molecule has 1 amide bonds. The second-order valence-corrected chi connectivity index (χ2v) is 8.00. The molecule has 1 aliphatic rings. The van der Waals surface area contributed by atoms with E-state index in [0.29, 0.717) is 41.3 Å². The van der Waals surface area contributed by atoms with Gasteiger partial charge in [-0.2, -0.15) is 4.98 Å². The van der Waals surface area contributed by atoms with Gasteiger partial charge in [-0.3, -0.25) is 4.79 Å². The van der Waals surface area contributed by atoms with Crippen LogP contribution in [0.25, 0.3) is 33.5 Å². The second kappa shape index (κ2) is 7.40. The zero-order chi connectivity index (χ0) is 22.6. The maximum absolute atomic E-state index is 14.7. The molecule has 2 aromatic heterocycles. The monoisotopic (exact) mass is 438 g/mol. The fraction of sp³-hybridized carbons (Fsp3) is 0.318. The van der Waals surface area contributed by atoms with E-state index in [1.54, 1.807) is 24.9 Å². The van der Waals surface area contributed by atoms with Gasteiger partial charge in [-0.15, -0.1) is 0 Å². The molecule has 5 rings (SSSR count). The van der Waals surface area contributed by atoms with E-state index in [2.05, 4.69) is 4.98 Å². The average Bonchev–Trinajstić information content (AvgIpc) is 3.30. The number of halogens is 1. The molecule has 0 spiro atoms. The van der Waals surface area contributed by atoms with Crippen molar-refractivity contribution in [3.05, 3.63) is 30.1 Å². The quantitative estimate of drug-likeness (QED) is 0.502. The van der Waals surface area contributed by atoms with E-state index in [9.17, 15) is 9.18 Å². The number of oxazole rings is 1. The Kier molecular flexibility index (Phi) is 4.65. The van der Waals surface area contributed by atoms with Crippen LogP contribution in [0.15, 0.2) is 28.7 Å². The van der Waals surface area contributed by atoms with Crippen LogP contribution in [0.4, 0.5) is 16.1 Å². The number of nitrogens with two attached hydrogens (primary N) is 2. The average molecular weight is 438 g/mol. The number of nitrogens with zero attached hydrogens (tertiary/aromatic N) is 4. The van der Waals surface area contributed by atoms with Crippen molar-refractivity contribution in [3.8, 4) is 17.1 Å². The summed E-state index contributed by atoms with van der Waals surface area (Å²) in [6, 6.07) is 6.25. The molecule has 0 bridgehead atoms. The Morgan fingerprint density at radius 3 is 2.81 bits per heavy atom. The van der Waals surface area contributed by atoms with Gasteiger partial charge < -0.3 is 30.1 Å². The number of carbonyl (C=O) groups is 1. The topological polar surface area (TPSA) is 125 Å². The number of imidazole rings is 1. The fourth-order valence-corrected chi connectivity index (χ4v) is 4.07. The van der Waals surface area contributed by atoms with Gasteiger partial charge >= 0.3 is 0 Å². The number of hydrogen-bond donors (Lipinski definition) is 2. The molecular weight excluding hydrogens is 415 g/mol. The Morgan fingerprint density at radius 2 is 2.03 bits per heavy atom. The van der Waals surface area contributed by atoms with Crippen LogP contribution in [0.1, 0.15) is 19.8 Å². The third-order valence-corrected chi connectivity index (χ3v) is 5.94. The molecule has 0 unspecified atom stereocenters. The van der Waals surface area contributed by atoms with E-state index < -0.39 is 17.8 Å². The van der Waals surface area contributed by atoms with Crippen LogP contribution >= 0.6 is 0 Å². The summed E-state index contributed by atoms with van der Waals surface area (Å²) in [5.74, 6) is 0.265. The van der Waals surface area contributed by atoms with Crippen LogP contribution in [-0.4, -0.2) is 40.1 Å². The standard InChI is InChI=1S/C22H23FN6O3/c1-11(20(24)30)28(2)13-9-15-18-17(10-13)31-6-4-3-5-29(18)21(26-15)12-7-14(23)19-16(8-12)27-22(25)32-19/h7-11H,3-6H2,1-2H3,(H2,24,30)(H2,25,27)/t11-/m0/s1. The summed E-state index contributed by atoms with van der Waals surface area (Å²) >= 11 is 0. The zero-order valence-corrected chi connectivity index (χ0v) is 17.8. The Balaban J connectivity index is 1.73. The first-order valence-corrected chi connectivity index (χ1v) is 10.4. The summed E-state index contributed by atoms with van der Waals surface area (Å²) in [7, 11) is 1.79. The minimum absolute atomic E-state index is 0.0170. The van der Waals surface area contributed by atoms with Gasteiger partial charge in [0.1, 0.15) is 28.6 Å². The molecule has 3 heterocycles. The summed E-state index contributed by atoms with van der Waals surface area (Å²) < 4.78 is 28.0. The number of carbonyl (C=O) groups excluding carboxylic acids is 1. The molecule has 4 aromatic rings. The SMILES string of the molecule is C[C@@H](C(N)=O)N(C)c1cc2c3c(c1)nc(-c1cc(F)c4oc(N)nc4c1)n3CCCCO2. The Labute approximate surface area is 182 Å². The highest BCUT2D eigenvalue weighted by Crippen LogP contribution is 2.38. The molecule has 0 aliphatic carbocycles. The Bertz CT molecular complexity index is 1360. The lowest BCUT2D eigenvalue weighted by Crippen LogP contribution is -2.40. The Hall–Kier alpha value is -3.82. The van der Waals surface area contributed by atoms with E-state index in [-0.39, 0.29) is 11.6 Å². The number of nitrogen functional groups attached to an aromatic ring is 1. The maximum atomic E-state index is 14.7. The van der Waals surface area contributed by atoms with Crippen LogP contribution in [0, 0.1) is 5.82 Å². The number of hydrogen-bond acceptors (Lipinski definition) is 7. The summed E-state index contributed by atoms with van der Waals surface area (Å²) in [5, 5.41) is 0. The van der Waals surface area contributed by atoms with E-state index in [0.717, 1.165) is 24.0 Å². The first kappa shape index (κ1) is 20.1. The number of amides is 1. The number of likely N-dealkylation sites (N-methyl/N-ethyl adjacent to an activating group) is 1. The zero-order valence-electron chi connectivity index (χ0n) is 17.8. The van der Waals surface area contributed by atoms with Crippen LogP contribution in [0.3, 0.4) is 0 Å². The van der Waals surface area contributed by atoms with E-state index in [1.165, 1.54) is 6.07 Å². The molecule has 0 saturated heterocycles. The first-order chi connectivity index (χ1) is 15.3. The normalized spacial score (nSPS) is 14.7. The van der Waals surface area contributed by atoms with E-state index >= 15 is 0 Å². The molecule has 166 valence electrons. The van der Waals surface area contributed by atoms with Crippen molar-refractivity contribution in [2.24, 2.45) is 5.73 Å². The highest BCUT2D eigenvalue weighted by molar-refractivity contribution is 5.92. The predicted octanol–water partition coefficient (Wildman–Crippen LogP) is 3.05. The molecule has 1 atom stereocenters. The second-order valence-electron chi connectivity index (χ2n) is 8.00. The Morgan fingerprint density at radius 1 is 1.22 bits per heavy atom. The van der Waals surface area contributed by atoms with E-state index in [4.69, 9.17) is 25.6 Å². The van der Waals surface area contributed by atoms with Gasteiger partial charge in [0.05, 0.1) is 12.1 Å². The van der Waals surface area contributed by atoms with Gasteiger partial charge in [0.2, 0.25) is 5.91 Å². The lowest BCUT2D eigenvalue weighted by molar-refractivity contribution is -0.118. The number of primary amides is 1. The first-order valence-electron chi connectivity index (χ1n) is 10.4. The molecule has 4 N–H and O–H groups in total. The van der Waals surface area contributed by atoms with Gasteiger partial charge in [-0.05, 0) is 38.0 Å². The largest absolute Gasteiger partial charge is 0.491 e. The van der Waals surface area contributed by atoms with Gasteiger partial charge in [-0.25, -0.2) is 9.37 Å². The number of rotatable bonds is 4. The van der Waals surface area contributed by atoms with Gasteiger partial charge in [0.25, 0.3) is 6.01 Å².